The second kappa shape index (κ2) is 5.68. The van der Waals surface area contributed by atoms with Gasteiger partial charge in [-0.2, -0.15) is 0 Å². The molecular weight excluding hydrogens is 244 g/mol. The first-order chi connectivity index (χ1) is 8.01. The van der Waals surface area contributed by atoms with Gasteiger partial charge in [-0.25, -0.2) is 4.79 Å². The zero-order chi connectivity index (χ0) is 13.0. The van der Waals surface area contributed by atoms with E-state index in [0.29, 0.717) is 5.75 Å². The molecule has 92 valence electrons. The number of hydrogen-bond acceptors (Lipinski definition) is 4. The molecule has 1 aromatic carbocycles. The Morgan fingerprint density at radius 1 is 1.35 bits per heavy atom. The molecule has 0 radical (unpaired) electrons. The first-order valence-electron chi connectivity index (χ1n) is 5.06. The van der Waals surface area contributed by atoms with Gasteiger partial charge in [0.05, 0.1) is 24.3 Å². The van der Waals surface area contributed by atoms with E-state index < -0.39 is 11.8 Å². The number of ketones is 1. The molecule has 0 heterocycles. The minimum absolute atomic E-state index is 0.0903. The number of carbonyl (C=O) groups is 2. The van der Waals surface area contributed by atoms with Crippen molar-refractivity contribution in [3.8, 4) is 5.75 Å². The van der Waals surface area contributed by atoms with E-state index in [9.17, 15) is 9.59 Å². The summed E-state index contributed by atoms with van der Waals surface area (Å²) in [6.45, 7) is 3.57. The Bertz CT molecular complexity index is 454. The molecule has 17 heavy (non-hydrogen) atoms. The third kappa shape index (κ3) is 2.97. The lowest BCUT2D eigenvalue weighted by molar-refractivity contribution is -0.137. The van der Waals surface area contributed by atoms with Crippen LogP contribution in [0.4, 0.5) is 0 Å². The van der Waals surface area contributed by atoms with Crippen molar-refractivity contribution in [1.82, 2.24) is 0 Å². The smallest absolute Gasteiger partial charge is 0.379 e. The Kier molecular flexibility index (Phi) is 4.52. The largest absolute Gasteiger partial charge is 0.496 e. The maximum atomic E-state index is 11.7. The number of hydrogen-bond donors (Lipinski definition) is 0. The molecule has 0 saturated carbocycles. The van der Waals surface area contributed by atoms with Crippen molar-refractivity contribution in [3.05, 3.63) is 28.3 Å². The van der Waals surface area contributed by atoms with Gasteiger partial charge in [-0.1, -0.05) is 11.6 Å². The average Bonchev–Trinajstić information content (AvgIpc) is 2.29. The van der Waals surface area contributed by atoms with Crippen LogP contribution in [0.15, 0.2) is 12.1 Å². The number of benzene rings is 1. The number of ether oxygens (including phenoxy) is 2. The van der Waals surface area contributed by atoms with Crippen LogP contribution in [0, 0.1) is 6.92 Å². The van der Waals surface area contributed by atoms with Gasteiger partial charge < -0.3 is 9.47 Å². The summed E-state index contributed by atoms with van der Waals surface area (Å²) in [7, 11) is 1.48. The number of rotatable bonds is 4. The minimum atomic E-state index is -0.916. The predicted molar refractivity (Wildman–Crippen MR) is 63.7 cm³/mol. The average molecular weight is 257 g/mol. The number of methoxy groups -OCH3 is 1. The molecule has 0 bridgehead atoms. The van der Waals surface area contributed by atoms with Crippen LogP contribution in [0.25, 0.3) is 0 Å². The van der Waals surface area contributed by atoms with Crippen LogP contribution in [-0.4, -0.2) is 25.5 Å². The van der Waals surface area contributed by atoms with E-state index in [0.717, 1.165) is 5.56 Å². The van der Waals surface area contributed by atoms with Crippen LogP contribution in [0.2, 0.25) is 5.02 Å². The monoisotopic (exact) mass is 256 g/mol. The van der Waals surface area contributed by atoms with Gasteiger partial charge in [0, 0.05) is 0 Å². The molecule has 0 N–H and O–H groups in total. The molecule has 4 nitrogen and oxygen atoms in total. The molecule has 5 heteroatoms. The molecule has 1 aromatic rings. The number of esters is 1. The second-order valence-corrected chi connectivity index (χ2v) is 3.76. The fourth-order valence-corrected chi connectivity index (χ4v) is 1.66. The van der Waals surface area contributed by atoms with Gasteiger partial charge in [-0.3, -0.25) is 4.79 Å². The van der Waals surface area contributed by atoms with E-state index in [1.54, 1.807) is 19.9 Å². The van der Waals surface area contributed by atoms with Crippen molar-refractivity contribution in [1.29, 1.82) is 0 Å². The molecule has 0 saturated heterocycles. The zero-order valence-electron chi connectivity index (χ0n) is 9.87. The molecule has 0 aromatic heterocycles. The van der Waals surface area contributed by atoms with E-state index in [1.807, 2.05) is 0 Å². The Morgan fingerprint density at radius 3 is 2.53 bits per heavy atom. The maximum absolute atomic E-state index is 11.7. The number of carbonyl (C=O) groups excluding carboxylic acids is 2. The first-order valence-corrected chi connectivity index (χ1v) is 5.44. The van der Waals surface area contributed by atoms with Crippen molar-refractivity contribution >= 4 is 23.4 Å². The highest BCUT2D eigenvalue weighted by molar-refractivity contribution is 6.45. The van der Waals surface area contributed by atoms with E-state index in [1.165, 1.54) is 13.2 Å². The molecule has 0 fully saturated rings. The van der Waals surface area contributed by atoms with Crippen LogP contribution in [0.5, 0.6) is 5.75 Å². The number of aryl methyl sites for hydroxylation is 1. The molecule has 1 rings (SSSR count). The standard InChI is InChI=1S/C12H13ClO4/c1-4-17-12(15)11(14)8-6-10(16-3)7(2)5-9(8)13/h5-6H,4H2,1-3H3. The van der Waals surface area contributed by atoms with Crippen molar-refractivity contribution in [2.45, 2.75) is 13.8 Å². The topological polar surface area (TPSA) is 52.6 Å². The summed E-state index contributed by atoms with van der Waals surface area (Å²) in [5.41, 5.74) is 0.880. The van der Waals surface area contributed by atoms with E-state index in [2.05, 4.69) is 4.74 Å². The summed E-state index contributed by atoms with van der Waals surface area (Å²) in [5.74, 6) is -1.18. The molecule has 0 spiro atoms. The maximum Gasteiger partial charge on any atom is 0.379 e. The number of halogens is 1. The van der Waals surface area contributed by atoms with Crippen LogP contribution < -0.4 is 4.74 Å². The van der Waals surface area contributed by atoms with Gasteiger partial charge in [0.15, 0.2) is 0 Å². The SMILES string of the molecule is CCOC(=O)C(=O)c1cc(OC)c(C)cc1Cl. The van der Waals surface area contributed by atoms with Crippen molar-refractivity contribution in [3.63, 3.8) is 0 Å². The van der Waals surface area contributed by atoms with Crippen molar-refractivity contribution in [2.75, 3.05) is 13.7 Å². The zero-order valence-corrected chi connectivity index (χ0v) is 10.6. The summed E-state index contributed by atoms with van der Waals surface area (Å²) in [6.07, 6.45) is 0. The highest BCUT2D eigenvalue weighted by atomic mass is 35.5. The molecule has 0 unspecified atom stereocenters. The molecule has 0 aliphatic heterocycles. The minimum Gasteiger partial charge on any atom is -0.496 e. The summed E-state index contributed by atoms with van der Waals surface area (Å²) < 4.78 is 9.70. The lowest BCUT2D eigenvalue weighted by Gasteiger charge is -2.08. The fraction of sp³-hybridized carbons (Fsp3) is 0.333. The molecule has 0 aliphatic rings. The van der Waals surface area contributed by atoms with Crippen molar-refractivity contribution in [2.24, 2.45) is 0 Å². The van der Waals surface area contributed by atoms with Gasteiger partial charge in [0.2, 0.25) is 0 Å². The summed E-state index contributed by atoms with van der Waals surface area (Å²) in [6, 6.07) is 3.02. The quantitative estimate of drug-likeness (QED) is 0.472. The normalized spacial score (nSPS) is 9.88. The fourth-order valence-electron chi connectivity index (χ4n) is 1.35. The first kappa shape index (κ1) is 13.5. The Labute approximate surface area is 104 Å². The highest BCUT2D eigenvalue weighted by Gasteiger charge is 2.21. The van der Waals surface area contributed by atoms with Gasteiger partial charge in [0.25, 0.3) is 5.78 Å². The number of Topliss-reactive ketones (excluding diaryl/α,β-unsaturated/α-hetero) is 1. The second-order valence-electron chi connectivity index (χ2n) is 3.35. The van der Waals surface area contributed by atoms with E-state index >= 15 is 0 Å². The van der Waals surface area contributed by atoms with Crippen LogP contribution in [-0.2, 0) is 9.53 Å². The van der Waals surface area contributed by atoms with Crippen LogP contribution in [0.3, 0.4) is 0 Å². The Hall–Kier alpha value is -1.55. The van der Waals surface area contributed by atoms with E-state index in [4.69, 9.17) is 16.3 Å². The predicted octanol–water partition coefficient (Wildman–Crippen LogP) is 2.40. The third-order valence-corrected chi connectivity index (χ3v) is 2.50. The van der Waals surface area contributed by atoms with Gasteiger partial charge in [0.1, 0.15) is 5.75 Å². The van der Waals surface area contributed by atoms with E-state index in [-0.39, 0.29) is 17.2 Å². The van der Waals surface area contributed by atoms with Gasteiger partial charge in [-0.05, 0) is 31.5 Å². The van der Waals surface area contributed by atoms with Gasteiger partial charge in [-0.15, -0.1) is 0 Å². The van der Waals surface area contributed by atoms with Crippen molar-refractivity contribution < 1.29 is 19.1 Å². The van der Waals surface area contributed by atoms with Crippen LogP contribution in [0.1, 0.15) is 22.8 Å². The summed E-state index contributed by atoms with van der Waals surface area (Å²) >= 11 is 5.91. The third-order valence-electron chi connectivity index (χ3n) is 2.19. The molecular formula is C12H13ClO4. The molecule has 0 atom stereocenters. The highest BCUT2D eigenvalue weighted by Crippen LogP contribution is 2.26. The Balaban J connectivity index is 3.13. The Morgan fingerprint density at radius 2 is 2.00 bits per heavy atom. The molecule has 0 amide bonds. The molecule has 0 aliphatic carbocycles. The van der Waals surface area contributed by atoms with Gasteiger partial charge >= 0.3 is 5.97 Å². The van der Waals surface area contributed by atoms with Crippen LogP contribution >= 0.6 is 11.6 Å². The lowest BCUT2D eigenvalue weighted by Crippen LogP contribution is -2.18. The summed E-state index contributed by atoms with van der Waals surface area (Å²) in [5, 5.41) is 0.210. The summed E-state index contributed by atoms with van der Waals surface area (Å²) in [4.78, 5) is 23.0. The lowest BCUT2D eigenvalue weighted by atomic mass is 10.1.